The van der Waals surface area contributed by atoms with Crippen molar-refractivity contribution in [1.29, 1.82) is 0 Å². The molecule has 1 amide bonds. The van der Waals surface area contributed by atoms with Crippen LogP contribution in [0.2, 0.25) is 0 Å². The molecule has 1 aromatic heterocycles. The minimum Gasteiger partial charge on any atom is -0.382 e. The van der Waals surface area contributed by atoms with Gasteiger partial charge in [-0.1, -0.05) is 30.3 Å². The number of rotatable bonds is 5. The van der Waals surface area contributed by atoms with Crippen LogP contribution in [-0.2, 0) is 29.0 Å². The third kappa shape index (κ3) is 2.46. The van der Waals surface area contributed by atoms with Gasteiger partial charge < -0.3 is 19.8 Å². The van der Waals surface area contributed by atoms with Crippen LogP contribution in [0, 0.1) is 0 Å². The van der Waals surface area contributed by atoms with E-state index in [4.69, 9.17) is 9.47 Å². The van der Waals surface area contributed by atoms with Gasteiger partial charge in [0.05, 0.1) is 30.9 Å². The van der Waals surface area contributed by atoms with Gasteiger partial charge in [0.1, 0.15) is 0 Å². The lowest BCUT2D eigenvalue weighted by molar-refractivity contribution is 0.0617. The Morgan fingerprint density at radius 3 is 2.83 bits per heavy atom. The summed E-state index contributed by atoms with van der Waals surface area (Å²) in [6, 6.07) is 14.8. The number of benzene rings is 3. The highest BCUT2D eigenvalue weighted by Crippen LogP contribution is 2.47. The SMILES string of the molecule is COCCOCc1ccc2[nH]c3c4c(c5c(c3c2c1)CNC5=O)-c1ccccc1C4. The van der Waals surface area contributed by atoms with Gasteiger partial charge in [0.25, 0.3) is 5.91 Å². The summed E-state index contributed by atoms with van der Waals surface area (Å²) in [5.74, 6) is 0.0354. The van der Waals surface area contributed by atoms with Crippen LogP contribution in [0.25, 0.3) is 32.9 Å². The lowest BCUT2D eigenvalue weighted by atomic mass is 9.92. The minimum atomic E-state index is 0.0354. The number of fused-ring (bicyclic) bond motifs is 10. The molecule has 5 heteroatoms. The van der Waals surface area contributed by atoms with E-state index in [1.165, 1.54) is 22.1 Å². The van der Waals surface area contributed by atoms with E-state index in [0.29, 0.717) is 26.4 Å². The average Bonchev–Trinajstić information content (AvgIpc) is 3.44. The molecule has 2 heterocycles. The number of hydrogen-bond donors (Lipinski definition) is 2. The molecular weight excluding hydrogens is 376 g/mol. The highest BCUT2D eigenvalue weighted by molar-refractivity contribution is 6.19. The van der Waals surface area contributed by atoms with Gasteiger partial charge in [-0.15, -0.1) is 0 Å². The zero-order chi connectivity index (χ0) is 20.2. The molecule has 1 aliphatic carbocycles. The van der Waals surface area contributed by atoms with Gasteiger partial charge in [-0.2, -0.15) is 0 Å². The summed E-state index contributed by atoms with van der Waals surface area (Å²) < 4.78 is 10.8. The van der Waals surface area contributed by atoms with Gasteiger partial charge >= 0.3 is 0 Å². The first kappa shape index (κ1) is 17.7. The molecule has 6 rings (SSSR count). The lowest BCUT2D eigenvalue weighted by Crippen LogP contribution is -2.13. The second-order valence-electron chi connectivity index (χ2n) is 8.02. The van der Waals surface area contributed by atoms with Crippen LogP contribution in [0.5, 0.6) is 0 Å². The van der Waals surface area contributed by atoms with Crippen molar-refractivity contribution in [1.82, 2.24) is 10.3 Å². The second kappa shape index (κ2) is 6.69. The third-order valence-electron chi connectivity index (χ3n) is 6.33. The number of methoxy groups -OCH3 is 1. The van der Waals surface area contributed by atoms with Crippen LogP contribution < -0.4 is 5.32 Å². The van der Waals surface area contributed by atoms with E-state index in [1.54, 1.807) is 7.11 Å². The number of carbonyl (C=O) groups excluding carboxylic acids is 1. The molecule has 150 valence electrons. The van der Waals surface area contributed by atoms with Crippen molar-refractivity contribution in [2.45, 2.75) is 19.6 Å². The first-order chi connectivity index (χ1) is 14.8. The number of carbonyl (C=O) groups is 1. The molecule has 30 heavy (non-hydrogen) atoms. The van der Waals surface area contributed by atoms with Crippen molar-refractivity contribution in [2.75, 3.05) is 20.3 Å². The number of hydrogen-bond acceptors (Lipinski definition) is 3. The van der Waals surface area contributed by atoms with Crippen LogP contribution >= 0.6 is 0 Å². The minimum absolute atomic E-state index is 0.0354. The molecule has 0 saturated carbocycles. The topological polar surface area (TPSA) is 63.4 Å². The molecule has 0 atom stereocenters. The van der Waals surface area contributed by atoms with Gasteiger partial charge in [-0.25, -0.2) is 0 Å². The first-order valence-electron chi connectivity index (χ1n) is 10.3. The van der Waals surface area contributed by atoms with Crippen LogP contribution in [0.4, 0.5) is 0 Å². The fourth-order valence-electron chi connectivity index (χ4n) is 5.02. The Morgan fingerprint density at radius 2 is 1.93 bits per heavy atom. The van der Waals surface area contributed by atoms with Gasteiger partial charge in [-0.05, 0) is 39.9 Å². The van der Waals surface area contributed by atoms with Crippen molar-refractivity contribution in [2.24, 2.45) is 0 Å². The molecule has 2 aliphatic rings. The van der Waals surface area contributed by atoms with Crippen LogP contribution in [0.15, 0.2) is 42.5 Å². The summed E-state index contributed by atoms with van der Waals surface area (Å²) in [5, 5.41) is 5.39. The van der Waals surface area contributed by atoms with Crippen molar-refractivity contribution >= 4 is 27.7 Å². The fourth-order valence-corrected chi connectivity index (χ4v) is 5.02. The van der Waals surface area contributed by atoms with Gasteiger partial charge in [0.2, 0.25) is 0 Å². The lowest BCUT2D eigenvalue weighted by Gasteiger charge is -2.10. The molecular formula is C25H22N2O3. The molecule has 4 aromatic rings. The Labute approximate surface area is 174 Å². The van der Waals surface area contributed by atoms with Gasteiger partial charge in [-0.3, -0.25) is 4.79 Å². The Kier molecular flexibility index (Phi) is 3.94. The summed E-state index contributed by atoms with van der Waals surface area (Å²) in [6.07, 6.45) is 0.850. The number of ether oxygens (including phenoxy) is 2. The number of nitrogens with one attached hydrogen (secondary N) is 2. The predicted molar refractivity (Wildman–Crippen MR) is 117 cm³/mol. The average molecular weight is 398 g/mol. The predicted octanol–water partition coefficient (Wildman–Crippen LogP) is 4.30. The summed E-state index contributed by atoms with van der Waals surface area (Å²) >= 11 is 0. The van der Waals surface area contributed by atoms with Crippen molar-refractivity contribution < 1.29 is 14.3 Å². The summed E-state index contributed by atoms with van der Waals surface area (Å²) in [5.41, 5.74) is 10.1. The molecule has 0 fully saturated rings. The van der Waals surface area contributed by atoms with E-state index in [2.05, 4.69) is 52.8 Å². The Morgan fingerprint density at radius 1 is 1.03 bits per heavy atom. The van der Waals surface area contributed by atoms with Crippen molar-refractivity contribution in [3.63, 3.8) is 0 Å². The van der Waals surface area contributed by atoms with E-state index in [-0.39, 0.29) is 5.91 Å². The van der Waals surface area contributed by atoms with Gasteiger partial charge in [0, 0.05) is 41.9 Å². The molecule has 3 aromatic carbocycles. The Balaban J connectivity index is 1.57. The van der Waals surface area contributed by atoms with Crippen molar-refractivity contribution in [3.8, 4) is 11.1 Å². The third-order valence-corrected chi connectivity index (χ3v) is 6.33. The molecule has 0 bridgehead atoms. The van der Waals surface area contributed by atoms with Crippen molar-refractivity contribution in [3.05, 3.63) is 70.3 Å². The van der Waals surface area contributed by atoms with E-state index >= 15 is 0 Å². The maximum absolute atomic E-state index is 12.9. The Bertz CT molecular complexity index is 1340. The molecule has 0 radical (unpaired) electrons. The zero-order valence-corrected chi connectivity index (χ0v) is 16.8. The van der Waals surface area contributed by atoms with E-state index in [9.17, 15) is 4.79 Å². The molecule has 2 N–H and O–H groups in total. The number of aromatic amines is 1. The number of aromatic nitrogens is 1. The number of H-pyrrole nitrogens is 1. The second-order valence-corrected chi connectivity index (χ2v) is 8.02. The molecule has 0 spiro atoms. The maximum Gasteiger partial charge on any atom is 0.252 e. The molecule has 1 aliphatic heterocycles. The smallest absolute Gasteiger partial charge is 0.252 e. The summed E-state index contributed by atoms with van der Waals surface area (Å²) in [4.78, 5) is 16.5. The van der Waals surface area contributed by atoms with E-state index < -0.39 is 0 Å². The molecule has 5 nitrogen and oxygen atoms in total. The first-order valence-corrected chi connectivity index (χ1v) is 10.3. The highest BCUT2D eigenvalue weighted by atomic mass is 16.5. The largest absolute Gasteiger partial charge is 0.382 e. The number of amides is 1. The maximum atomic E-state index is 12.9. The Hall–Kier alpha value is -3.15. The fraction of sp³-hybridized carbons (Fsp3) is 0.240. The monoisotopic (exact) mass is 398 g/mol. The van der Waals surface area contributed by atoms with E-state index in [1.807, 2.05) is 0 Å². The molecule has 0 saturated heterocycles. The van der Waals surface area contributed by atoms with Crippen LogP contribution in [0.1, 0.15) is 32.6 Å². The van der Waals surface area contributed by atoms with Crippen LogP contribution in [-0.4, -0.2) is 31.2 Å². The normalized spacial score (nSPS) is 14.2. The summed E-state index contributed by atoms with van der Waals surface area (Å²) in [7, 11) is 1.67. The standard InChI is InChI=1S/C25H22N2O3/c1-29-8-9-30-13-14-6-7-20-17(10-14)22-19-12-26-25(28)23(19)21-16-5-3-2-4-15(16)11-18(21)24(22)27-20/h2-7,10,27H,8-9,11-13H2,1H3,(H,26,28). The van der Waals surface area contributed by atoms with E-state index in [0.717, 1.165) is 45.1 Å². The highest BCUT2D eigenvalue weighted by Gasteiger charge is 2.34. The van der Waals surface area contributed by atoms with Gasteiger partial charge in [0.15, 0.2) is 0 Å². The molecule has 0 unspecified atom stereocenters. The zero-order valence-electron chi connectivity index (χ0n) is 16.8. The quantitative estimate of drug-likeness (QED) is 0.434. The summed E-state index contributed by atoms with van der Waals surface area (Å²) in [6.45, 7) is 2.27. The van der Waals surface area contributed by atoms with Crippen LogP contribution in [0.3, 0.4) is 0 Å².